The first-order valence-electron chi connectivity index (χ1n) is 7.73. The molecule has 0 spiro atoms. The van der Waals surface area contributed by atoms with E-state index in [0.29, 0.717) is 19.1 Å². The SMILES string of the molecule is Cc1cnn(C[C@@H]2CCCN2CC(=O)NCc2ccco2)c1. The van der Waals surface area contributed by atoms with Gasteiger partial charge in [0.2, 0.25) is 5.91 Å². The maximum absolute atomic E-state index is 12.1. The molecule has 1 fully saturated rings. The van der Waals surface area contributed by atoms with Crippen molar-refractivity contribution in [1.82, 2.24) is 20.0 Å². The van der Waals surface area contributed by atoms with Crippen molar-refractivity contribution >= 4 is 5.91 Å². The fourth-order valence-electron chi connectivity index (χ4n) is 2.93. The zero-order valence-electron chi connectivity index (χ0n) is 12.9. The van der Waals surface area contributed by atoms with Gasteiger partial charge in [0.25, 0.3) is 0 Å². The minimum atomic E-state index is 0.0416. The second-order valence-electron chi connectivity index (χ2n) is 5.86. The monoisotopic (exact) mass is 302 g/mol. The molecule has 0 unspecified atom stereocenters. The lowest BCUT2D eigenvalue weighted by Crippen LogP contribution is -2.41. The van der Waals surface area contributed by atoms with Gasteiger partial charge >= 0.3 is 0 Å². The Bertz CT molecular complexity index is 605. The molecule has 1 aliphatic rings. The minimum absolute atomic E-state index is 0.0416. The second-order valence-corrected chi connectivity index (χ2v) is 5.86. The van der Waals surface area contributed by atoms with Crippen molar-refractivity contribution in [2.45, 2.75) is 38.9 Å². The summed E-state index contributed by atoms with van der Waals surface area (Å²) in [6.07, 6.45) is 7.79. The summed E-state index contributed by atoms with van der Waals surface area (Å²) in [5, 5.41) is 7.24. The van der Waals surface area contributed by atoms with Crippen LogP contribution < -0.4 is 5.32 Å². The zero-order chi connectivity index (χ0) is 15.4. The molecule has 1 amide bonds. The highest BCUT2D eigenvalue weighted by Gasteiger charge is 2.26. The van der Waals surface area contributed by atoms with E-state index < -0.39 is 0 Å². The summed E-state index contributed by atoms with van der Waals surface area (Å²) < 4.78 is 7.19. The van der Waals surface area contributed by atoms with Gasteiger partial charge in [-0.25, -0.2) is 0 Å². The number of rotatable bonds is 6. The van der Waals surface area contributed by atoms with Crippen LogP contribution in [0.15, 0.2) is 35.2 Å². The Labute approximate surface area is 130 Å². The van der Waals surface area contributed by atoms with Crippen molar-refractivity contribution in [1.29, 1.82) is 0 Å². The van der Waals surface area contributed by atoms with Gasteiger partial charge in [-0.1, -0.05) is 0 Å². The summed E-state index contributed by atoms with van der Waals surface area (Å²) in [5.41, 5.74) is 1.17. The van der Waals surface area contributed by atoms with Gasteiger partial charge < -0.3 is 9.73 Å². The van der Waals surface area contributed by atoms with Crippen LogP contribution in [-0.4, -0.2) is 39.7 Å². The van der Waals surface area contributed by atoms with Gasteiger partial charge in [0, 0.05) is 12.2 Å². The molecule has 3 heterocycles. The number of carbonyl (C=O) groups is 1. The number of aromatic nitrogens is 2. The van der Waals surface area contributed by atoms with Crippen molar-refractivity contribution < 1.29 is 9.21 Å². The summed E-state index contributed by atoms with van der Waals surface area (Å²) in [6.45, 7) is 4.74. The van der Waals surface area contributed by atoms with Gasteiger partial charge in [0.15, 0.2) is 0 Å². The molecule has 1 saturated heterocycles. The maximum atomic E-state index is 12.1. The van der Waals surface area contributed by atoms with E-state index in [1.165, 1.54) is 5.56 Å². The number of hydrogen-bond acceptors (Lipinski definition) is 4. The highest BCUT2D eigenvalue weighted by Crippen LogP contribution is 2.18. The van der Waals surface area contributed by atoms with E-state index in [1.54, 1.807) is 6.26 Å². The van der Waals surface area contributed by atoms with Gasteiger partial charge in [-0.3, -0.25) is 14.4 Å². The Morgan fingerprint density at radius 2 is 2.45 bits per heavy atom. The minimum Gasteiger partial charge on any atom is -0.467 e. The average molecular weight is 302 g/mol. The molecule has 0 aliphatic carbocycles. The van der Waals surface area contributed by atoms with Crippen molar-refractivity contribution in [2.24, 2.45) is 0 Å². The Morgan fingerprint density at radius 3 is 3.18 bits per heavy atom. The molecule has 0 saturated carbocycles. The molecule has 0 bridgehead atoms. The van der Waals surface area contributed by atoms with Crippen LogP contribution in [0, 0.1) is 6.92 Å². The van der Waals surface area contributed by atoms with Crippen molar-refractivity contribution in [3.8, 4) is 0 Å². The summed E-state index contributed by atoms with van der Waals surface area (Å²) in [4.78, 5) is 14.3. The number of aryl methyl sites for hydroxylation is 1. The standard InChI is InChI=1S/C16H22N4O2/c1-13-8-18-20(10-13)11-14-4-2-6-19(14)12-16(21)17-9-15-5-3-7-22-15/h3,5,7-8,10,14H,2,4,6,9,11-12H2,1H3,(H,17,21)/t14-/m0/s1. The number of likely N-dealkylation sites (tertiary alicyclic amines) is 1. The Balaban J connectivity index is 1.49. The quantitative estimate of drug-likeness (QED) is 0.879. The number of amides is 1. The van der Waals surface area contributed by atoms with E-state index in [0.717, 1.165) is 31.7 Å². The molecule has 6 heteroatoms. The van der Waals surface area contributed by atoms with Crippen molar-refractivity contribution in [3.63, 3.8) is 0 Å². The predicted octanol–water partition coefficient (Wildman–Crippen LogP) is 1.57. The molecule has 0 aromatic carbocycles. The lowest BCUT2D eigenvalue weighted by atomic mass is 10.2. The first-order valence-corrected chi connectivity index (χ1v) is 7.73. The molecular weight excluding hydrogens is 280 g/mol. The van der Waals surface area contributed by atoms with Crippen LogP contribution in [0.25, 0.3) is 0 Å². The number of nitrogens with one attached hydrogen (secondary N) is 1. The Morgan fingerprint density at radius 1 is 1.55 bits per heavy atom. The fourth-order valence-corrected chi connectivity index (χ4v) is 2.93. The third kappa shape index (κ3) is 3.76. The van der Waals surface area contributed by atoms with E-state index in [1.807, 2.05) is 36.1 Å². The van der Waals surface area contributed by atoms with Gasteiger partial charge in [0.05, 0.1) is 32.1 Å². The van der Waals surface area contributed by atoms with Crippen LogP contribution in [0.4, 0.5) is 0 Å². The predicted molar refractivity (Wildman–Crippen MR) is 82.1 cm³/mol. The third-order valence-corrected chi connectivity index (χ3v) is 4.05. The van der Waals surface area contributed by atoms with E-state index >= 15 is 0 Å². The summed E-state index contributed by atoms with van der Waals surface area (Å²) in [7, 11) is 0. The Kier molecular flexibility index (Phi) is 4.58. The number of carbonyl (C=O) groups excluding carboxylic acids is 1. The second kappa shape index (κ2) is 6.79. The molecule has 1 N–H and O–H groups in total. The van der Waals surface area contributed by atoms with E-state index in [-0.39, 0.29) is 5.91 Å². The molecule has 2 aromatic rings. The van der Waals surface area contributed by atoms with Gasteiger partial charge in [-0.15, -0.1) is 0 Å². The third-order valence-electron chi connectivity index (χ3n) is 4.05. The highest BCUT2D eigenvalue weighted by atomic mass is 16.3. The largest absolute Gasteiger partial charge is 0.467 e. The van der Waals surface area contributed by atoms with Crippen molar-refractivity contribution in [3.05, 3.63) is 42.1 Å². The first-order chi connectivity index (χ1) is 10.7. The molecule has 2 aromatic heterocycles. The number of nitrogens with zero attached hydrogens (tertiary/aromatic N) is 3. The van der Waals surface area contributed by atoms with Crippen LogP contribution in [0.1, 0.15) is 24.2 Å². The zero-order valence-corrected chi connectivity index (χ0v) is 12.9. The lowest BCUT2D eigenvalue weighted by Gasteiger charge is -2.23. The summed E-state index contributed by atoms with van der Waals surface area (Å²) in [5.74, 6) is 0.818. The van der Waals surface area contributed by atoms with E-state index in [4.69, 9.17) is 4.42 Å². The number of furan rings is 1. The molecule has 1 aliphatic heterocycles. The molecule has 6 nitrogen and oxygen atoms in total. The first kappa shape index (κ1) is 14.8. The smallest absolute Gasteiger partial charge is 0.234 e. The van der Waals surface area contributed by atoms with Crippen molar-refractivity contribution in [2.75, 3.05) is 13.1 Å². The van der Waals surface area contributed by atoms with Gasteiger partial charge in [0.1, 0.15) is 5.76 Å². The van der Waals surface area contributed by atoms with E-state index in [2.05, 4.69) is 15.3 Å². The van der Waals surface area contributed by atoms with Crippen LogP contribution in [0.2, 0.25) is 0 Å². The Hall–Kier alpha value is -2.08. The fraction of sp³-hybridized carbons (Fsp3) is 0.500. The molecular formula is C16H22N4O2. The highest BCUT2D eigenvalue weighted by molar-refractivity contribution is 5.78. The van der Waals surface area contributed by atoms with Crippen LogP contribution in [0.3, 0.4) is 0 Å². The average Bonchev–Trinajstić information content (AvgIpc) is 3.21. The summed E-state index contributed by atoms with van der Waals surface area (Å²) >= 11 is 0. The topological polar surface area (TPSA) is 63.3 Å². The molecule has 0 radical (unpaired) electrons. The number of hydrogen-bond donors (Lipinski definition) is 1. The molecule has 22 heavy (non-hydrogen) atoms. The van der Waals surface area contributed by atoms with Gasteiger partial charge in [-0.2, -0.15) is 5.10 Å². The lowest BCUT2D eigenvalue weighted by molar-refractivity contribution is -0.122. The van der Waals surface area contributed by atoms with Gasteiger partial charge in [-0.05, 0) is 44.0 Å². The molecule has 3 rings (SSSR count). The van der Waals surface area contributed by atoms with Crippen LogP contribution >= 0.6 is 0 Å². The normalized spacial score (nSPS) is 18.7. The van der Waals surface area contributed by atoms with Crippen LogP contribution in [0.5, 0.6) is 0 Å². The molecule has 1 atom stereocenters. The van der Waals surface area contributed by atoms with E-state index in [9.17, 15) is 4.79 Å². The summed E-state index contributed by atoms with van der Waals surface area (Å²) in [6, 6.07) is 4.07. The van der Waals surface area contributed by atoms with Crippen LogP contribution in [-0.2, 0) is 17.9 Å². The maximum Gasteiger partial charge on any atom is 0.234 e. The molecule has 118 valence electrons.